The molecule has 1 N–H and O–H groups in total. The van der Waals surface area contributed by atoms with Crippen LogP contribution >= 0.6 is 0 Å². The lowest BCUT2D eigenvalue weighted by atomic mass is 10.0. The molecule has 0 rings (SSSR count). The summed E-state index contributed by atoms with van der Waals surface area (Å²) in [5.74, 6) is 0.754. The summed E-state index contributed by atoms with van der Waals surface area (Å²) in [5.41, 5.74) is 0.275. The summed E-state index contributed by atoms with van der Waals surface area (Å²) in [5, 5.41) is 3.67. The Kier molecular flexibility index (Phi) is 8.89. The lowest BCUT2D eigenvalue weighted by Gasteiger charge is -2.33. The Labute approximate surface area is 116 Å². The van der Waals surface area contributed by atoms with Crippen molar-refractivity contribution in [3.8, 4) is 0 Å². The number of nitrogens with zero attached hydrogens (tertiary/aromatic N) is 1. The summed E-state index contributed by atoms with van der Waals surface area (Å²) in [6, 6.07) is 0.749. The number of rotatable bonds is 10. The Morgan fingerprint density at radius 2 is 1.61 bits per heavy atom. The molecule has 0 aromatic carbocycles. The van der Waals surface area contributed by atoms with Crippen LogP contribution in [0.25, 0.3) is 0 Å². The third-order valence-corrected chi connectivity index (χ3v) is 3.95. The van der Waals surface area contributed by atoms with Gasteiger partial charge < -0.3 is 5.32 Å². The van der Waals surface area contributed by atoms with Gasteiger partial charge in [-0.25, -0.2) is 0 Å². The van der Waals surface area contributed by atoms with Gasteiger partial charge in [0.1, 0.15) is 0 Å². The number of hydrogen-bond acceptors (Lipinski definition) is 2. The van der Waals surface area contributed by atoms with Crippen molar-refractivity contribution in [3.05, 3.63) is 0 Å². The smallest absolute Gasteiger partial charge is 0.0123 e. The monoisotopic (exact) mass is 256 g/mol. The second-order valence-corrected chi connectivity index (χ2v) is 6.52. The second-order valence-electron chi connectivity index (χ2n) is 6.52. The minimum absolute atomic E-state index is 0.275. The molecule has 2 heteroatoms. The molecule has 2 nitrogen and oxygen atoms in total. The predicted octanol–water partition coefficient (Wildman–Crippen LogP) is 3.91. The van der Waals surface area contributed by atoms with Gasteiger partial charge in [-0.2, -0.15) is 0 Å². The third-order valence-electron chi connectivity index (χ3n) is 3.95. The van der Waals surface area contributed by atoms with Crippen molar-refractivity contribution in [1.82, 2.24) is 10.2 Å². The highest BCUT2D eigenvalue weighted by molar-refractivity contribution is 4.77. The van der Waals surface area contributed by atoms with E-state index in [1.54, 1.807) is 0 Å². The van der Waals surface area contributed by atoms with Crippen LogP contribution in [0.2, 0.25) is 0 Å². The van der Waals surface area contributed by atoms with Crippen LogP contribution in [0.15, 0.2) is 0 Å². The molecule has 0 heterocycles. The van der Waals surface area contributed by atoms with E-state index in [2.05, 4.69) is 58.7 Å². The normalized spacial score (nSPS) is 13.0. The lowest BCUT2D eigenvalue weighted by molar-refractivity contribution is 0.161. The zero-order chi connectivity index (χ0) is 14.2. The molecule has 0 spiro atoms. The maximum absolute atomic E-state index is 3.67. The minimum atomic E-state index is 0.275. The summed E-state index contributed by atoms with van der Waals surface area (Å²) in [6.45, 7) is 19.6. The molecule has 0 radical (unpaired) electrons. The fourth-order valence-electron chi connectivity index (χ4n) is 2.36. The first kappa shape index (κ1) is 17.9. The molecule has 0 aliphatic carbocycles. The highest BCUT2D eigenvalue weighted by atomic mass is 15.2. The molecule has 18 heavy (non-hydrogen) atoms. The van der Waals surface area contributed by atoms with Crippen LogP contribution in [0.5, 0.6) is 0 Å². The van der Waals surface area contributed by atoms with Crippen molar-refractivity contribution in [2.75, 3.05) is 19.6 Å². The predicted molar refractivity (Wildman–Crippen MR) is 83.2 cm³/mol. The van der Waals surface area contributed by atoms with Gasteiger partial charge in [-0.05, 0) is 39.0 Å². The molecule has 0 bridgehead atoms. The van der Waals surface area contributed by atoms with Crippen molar-refractivity contribution < 1.29 is 0 Å². The van der Waals surface area contributed by atoms with Gasteiger partial charge in [-0.15, -0.1) is 0 Å². The standard InChI is InChI=1S/C16H36N2/c1-8-15(9-2)18(13-14(4)5)12-11-17-16(6,7)10-3/h14-15,17H,8-13H2,1-7H3. The fourth-order valence-corrected chi connectivity index (χ4v) is 2.36. The van der Waals surface area contributed by atoms with E-state index >= 15 is 0 Å². The van der Waals surface area contributed by atoms with E-state index in [-0.39, 0.29) is 5.54 Å². The molecule has 0 aromatic heterocycles. The van der Waals surface area contributed by atoms with Gasteiger partial charge in [0, 0.05) is 31.2 Å². The summed E-state index contributed by atoms with van der Waals surface area (Å²) in [6.07, 6.45) is 3.71. The Hall–Kier alpha value is -0.0800. The van der Waals surface area contributed by atoms with Gasteiger partial charge in [0.2, 0.25) is 0 Å². The molecule has 0 fully saturated rings. The maximum atomic E-state index is 3.67. The number of hydrogen-bond donors (Lipinski definition) is 1. The molecular weight excluding hydrogens is 220 g/mol. The topological polar surface area (TPSA) is 15.3 Å². The van der Waals surface area contributed by atoms with Crippen LogP contribution in [-0.4, -0.2) is 36.1 Å². The van der Waals surface area contributed by atoms with Crippen molar-refractivity contribution >= 4 is 0 Å². The zero-order valence-corrected chi connectivity index (χ0v) is 13.8. The van der Waals surface area contributed by atoms with Crippen LogP contribution in [-0.2, 0) is 0 Å². The quantitative estimate of drug-likeness (QED) is 0.637. The van der Waals surface area contributed by atoms with E-state index in [0.717, 1.165) is 18.5 Å². The first-order valence-electron chi connectivity index (χ1n) is 7.85. The van der Waals surface area contributed by atoms with Crippen molar-refractivity contribution in [1.29, 1.82) is 0 Å². The number of nitrogens with one attached hydrogen (secondary N) is 1. The second kappa shape index (κ2) is 8.92. The average molecular weight is 256 g/mol. The van der Waals surface area contributed by atoms with Crippen molar-refractivity contribution in [2.45, 2.75) is 79.3 Å². The molecule has 0 aromatic rings. The molecule has 110 valence electrons. The van der Waals surface area contributed by atoms with E-state index in [1.165, 1.54) is 32.4 Å². The molecule has 0 saturated carbocycles. The third kappa shape index (κ3) is 7.38. The van der Waals surface area contributed by atoms with Crippen LogP contribution in [0.4, 0.5) is 0 Å². The summed E-state index contributed by atoms with van der Waals surface area (Å²) in [4.78, 5) is 2.67. The van der Waals surface area contributed by atoms with E-state index in [9.17, 15) is 0 Å². The van der Waals surface area contributed by atoms with Crippen LogP contribution in [0.1, 0.15) is 67.7 Å². The van der Waals surface area contributed by atoms with E-state index in [4.69, 9.17) is 0 Å². The molecule has 0 amide bonds. The Balaban J connectivity index is 4.24. The largest absolute Gasteiger partial charge is 0.311 e. The molecule has 0 atom stereocenters. The van der Waals surface area contributed by atoms with Crippen molar-refractivity contribution in [3.63, 3.8) is 0 Å². The van der Waals surface area contributed by atoms with E-state index < -0.39 is 0 Å². The summed E-state index contributed by atoms with van der Waals surface area (Å²) in [7, 11) is 0. The van der Waals surface area contributed by atoms with Crippen LogP contribution in [0.3, 0.4) is 0 Å². The summed E-state index contributed by atoms with van der Waals surface area (Å²) < 4.78 is 0. The van der Waals surface area contributed by atoms with E-state index in [0.29, 0.717) is 0 Å². The SMILES string of the molecule is CCC(CC)N(CCNC(C)(C)CC)CC(C)C. The molecule has 0 aliphatic heterocycles. The van der Waals surface area contributed by atoms with Crippen LogP contribution < -0.4 is 5.32 Å². The summed E-state index contributed by atoms with van der Waals surface area (Å²) >= 11 is 0. The average Bonchev–Trinajstić information content (AvgIpc) is 2.29. The Morgan fingerprint density at radius 1 is 1.06 bits per heavy atom. The molecule has 0 saturated heterocycles. The molecule has 0 aliphatic rings. The lowest BCUT2D eigenvalue weighted by Crippen LogP contribution is -2.46. The Morgan fingerprint density at radius 3 is 2.00 bits per heavy atom. The van der Waals surface area contributed by atoms with Crippen molar-refractivity contribution in [2.24, 2.45) is 5.92 Å². The molecule has 0 unspecified atom stereocenters. The van der Waals surface area contributed by atoms with Gasteiger partial charge in [-0.3, -0.25) is 4.90 Å². The van der Waals surface area contributed by atoms with Gasteiger partial charge in [0.15, 0.2) is 0 Å². The molecular formula is C16H36N2. The zero-order valence-electron chi connectivity index (χ0n) is 13.8. The maximum Gasteiger partial charge on any atom is 0.0123 e. The first-order valence-corrected chi connectivity index (χ1v) is 7.85. The van der Waals surface area contributed by atoms with Gasteiger partial charge in [0.05, 0.1) is 0 Å². The first-order chi connectivity index (χ1) is 8.36. The van der Waals surface area contributed by atoms with Gasteiger partial charge in [0.25, 0.3) is 0 Å². The Bertz CT molecular complexity index is 195. The van der Waals surface area contributed by atoms with Gasteiger partial charge >= 0.3 is 0 Å². The van der Waals surface area contributed by atoms with E-state index in [1.807, 2.05) is 0 Å². The highest BCUT2D eigenvalue weighted by Gasteiger charge is 2.18. The van der Waals surface area contributed by atoms with Gasteiger partial charge in [-0.1, -0.05) is 34.6 Å². The fraction of sp³-hybridized carbons (Fsp3) is 1.00. The van der Waals surface area contributed by atoms with Crippen LogP contribution in [0, 0.1) is 5.92 Å². The highest BCUT2D eigenvalue weighted by Crippen LogP contribution is 2.12. The minimum Gasteiger partial charge on any atom is -0.311 e.